The summed E-state index contributed by atoms with van der Waals surface area (Å²) in [6.07, 6.45) is 3.99. The maximum Gasteiger partial charge on any atom is 0.118 e. The van der Waals surface area contributed by atoms with Crippen molar-refractivity contribution in [3.05, 3.63) is 29.8 Å². The Morgan fingerprint density at radius 1 is 1.28 bits per heavy atom. The van der Waals surface area contributed by atoms with Crippen LogP contribution in [-0.4, -0.2) is 13.7 Å². The predicted octanol–water partition coefficient (Wildman–Crippen LogP) is 3.78. The summed E-state index contributed by atoms with van der Waals surface area (Å²) < 4.78 is 5.23. The van der Waals surface area contributed by atoms with Gasteiger partial charge in [0, 0.05) is 6.04 Å². The van der Waals surface area contributed by atoms with E-state index in [9.17, 15) is 0 Å². The lowest BCUT2D eigenvalue weighted by atomic mass is 9.90. The maximum atomic E-state index is 5.23. The van der Waals surface area contributed by atoms with Gasteiger partial charge in [-0.05, 0) is 55.3 Å². The third-order valence-electron chi connectivity index (χ3n) is 3.98. The molecule has 0 heterocycles. The minimum Gasteiger partial charge on any atom is -0.497 e. The molecule has 0 aliphatic heterocycles. The standard InChI is InChI=1S/C16H25NO/c1-4-11-17-16(12(2)13-5-6-13)14-7-9-15(18-3)10-8-14/h7-10,12-13,16-17H,4-6,11H2,1-3H3. The maximum absolute atomic E-state index is 5.23. The molecule has 0 aromatic heterocycles. The van der Waals surface area contributed by atoms with E-state index in [0.717, 1.165) is 24.1 Å². The number of hydrogen-bond acceptors (Lipinski definition) is 2. The fourth-order valence-corrected chi connectivity index (χ4v) is 2.61. The number of nitrogens with one attached hydrogen (secondary N) is 1. The second-order valence-electron chi connectivity index (χ2n) is 5.40. The zero-order valence-corrected chi connectivity index (χ0v) is 11.8. The molecule has 0 bridgehead atoms. The molecule has 1 saturated carbocycles. The molecule has 100 valence electrons. The van der Waals surface area contributed by atoms with E-state index in [1.165, 1.54) is 24.8 Å². The molecule has 2 nitrogen and oxygen atoms in total. The summed E-state index contributed by atoms with van der Waals surface area (Å²) in [7, 11) is 1.72. The zero-order valence-electron chi connectivity index (χ0n) is 11.8. The second-order valence-corrected chi connectivity index (χ2v) is 5.40. The first-order valence-corrected chi connectivity index (χ1v) is 7.13. The van der Waals surface area contributed by atoms with Crippen LogP contribution >= 0.6 is 0 Å². The van der Waals surface area contributed by atoms with Crippen LogP contribution in [-0.2, 0) is 0 Å². The molecule has 0 amide bonds. The van der Waals surface area contributed by atoms with Crippen molar-refractivity contribution in [2.24, 2.45) is 11.8 Å². The van der Waals surface area contributed by atoms with Crippen LogP contribution < -0.4 is 10.1 Å². The molecule has 2 rings (SSSR count). The average molecular weight is 247 g/mol. The van der Waals surface area contributed by atoms with Crippen LogP contribution in [0.4, 0.5) is 0 Å². The Balaban J connectivity index is 2.09. The van der Waals surface area contributed by atoms with Gasteiger partial charge in [-0.15, -0.1) is 0 Å². The van der Waals surface area contributed by atoms with Crippen LogP contribution in [0.5, 0.6) is 5.75 Å². The number of ether oxygens (including phenoxy) is 1. The summed E-state index contributed by atoms with van der Waals surface area (Å²) in [5.74, 6) is 2.58. The first kappa shape index (κ1) is 13.4. The number of methoxy groups -OCH3 is 1. The molecule has 2 heteroatoms. The highest BCUT2D eigenvalue weighted by atomic mass is 16.5. The van der Waals surface area contributed by atoms with E-state index in [1.807, 2.05) is 0 Å². The molecule has 0 spiro atoms. The van der Waals surface area contributed by atoms with Crippen molar-refractivity contribution in [3.8, 4) is 5.75 Å². The van der Waals surface area contributed by atoms with Crippen LogP contribution in [0, 0.1) is 11.8 Å². The third-order valence-corrected chi connectivity index (χ3v) is 3.98. The summed E-state index contributed by atoms with van der Waals surface area (Å²) >= 11 is 0. The highest BCUT2D eigenvalue weighted by molar-refractivity contribution is 5.29. The number of benzene rings is 1. The van der Waals surface area contributed by atoms with Gasteiger partial charge in [0.05, 0.1) is 7.11 Å². The van der Waals surface area contributed by atoms with Gasteiger partial charge in [-0.3, -0.25) is 0 Å². The lowest BCUT2D eigenvalue weighted by Gasteiger charge is -2.26. The van der Waals surface area contributed by atoms with Crippen LogP contribution in [0.3, 0.4) is 0 Å². The summed E-state index contributed by atoms with van der Waals surface area (Å²) in [6.45, 7) is 5.70. The zero-order chi connectivity index (χ0) is 13.0. The van der Waals surface area contributed by atoms with E-state index in [2.05, 4.69) is 43.4 Å². The van der Waals surface area contributed by atoms with E-state index in [-0.39, 0.29) is 0 Å². The van der Waals surface area contributed by atoms with E-state index in [1.54, 1.807) is 7.11 Å². The fraction of sp³-hybridized carbons (Fsp3) is 0.625. The smallest absolute Gasteiger partial charge is 0.118 e. The third kappa shape index (κ3) is 3.26. The average Bonchev–Trinajstić information content (AvgIpc) is 3.24. The van der Waals surface area contributed by atoms with Gasteiger partial charge in [0.1, 0.15) is 5.75 Å². The van der Waals surface area contributed by atoms with Crippen LogP contribution in [0.2, 0.25) is 0 Å². The van der Waals surface area contributed by atoms with Crippen molar-refractivity contribution in [1.29, 1.82) is 0 Å². The molecule has 1 aromatic rings. The van der Waals surface area contributed by atoms with E-state index in [0.29, 0.717) is 6.04 Å². The van der Waals surface area contributed by atoms with E-state index in [4.69, 9.17) is 4.74 Å². The molecular weight excluding hydrogens is 222 g/mol. The summed E-state index contributed by atoms with van der Waals surface area (Å²) in [5.41, 5.74) is 1.39. The molecule has 0 radical (unpaired) electrons. The first-order chi connectivity index (χ1) is 8.76. The fourth-order valence-electron chi connectivity index (χ4n) is 2.61. The van der Waals surface area contributed by atoms with Crippen LogP contribution in [0.1, 0.15) is 44.7 Å². The number of rotatable bonds is 7. The second kappa shape index (κ2) is 6.24. The molecule has 18 heavy (non-hydrogen) atoms. The van der Waals surface area contributed by atoms with Crippen molar-refractivity contribution in [2.75, 3.05) is 13.7 Å². The van der Waals surface area contributed by atoms with Crippen molar-refractivity contribution >= 4 is 0 Å². The van der Waals surface area contributed by atoms with Crippen molar-refractivity contribution in [1.82, 2.24) is 5.32 Å². The molecule has 1 N–H and O–H groups in total. The van der Waals surface area contributed by atoms with Crippen molar-refractivity contribution < 1.29 is 4.74 Å². The van der Waals surface area contributed by atoms with Gasteiger partial charge in [0.25, 0.3) is 0 Å². The molecule has 1 aromatic carbocycles. The SMILES string of the molecule is CCCNC(c1ccc(OC)cc1)C(C)C1CC1. The van der Waals surface area contributed by atoms with Gasteiger partial charge in [-0.1, -0.05) is 26.0 Å². The van der Waals surface area contributed by atoms with Gasteiger partial charge in [-0.2, -0.15) is 0 Å². The van der Waals surface area contributed by atoms with Gasteiger partial charge < -0.3 is 10.1 Å². The Hall–Kier alpha value is -1.02. The lowest BCUT2D eigenvalue weighted by molar-refractivity contribution is 0.349. The van der Waals surface area contributed by atoms with Crippen molar-refractivity contribution in [2.45, 2.75) is 39.2 Å². The Kier molecular flexibility index (Phi) is 4.65. The topological polar surface area (TPSA) is 21.3 Å². The summed E-state index contributed by atoms with van der Waals surface area (Å²) in [5, 5.41) is 3.70. The van der Waals surface area contributed by atoms with Crippen LogP contribution in [0.25, 0.3) is 0 Å². The molecular formula is C16H25NO. The van der Waals surface area contributed by atoms with E-state index < -0.39 is 0 Å². The van der Waals surface area contributed by atoms with Crippen molar-refractivity contribution in [3.63, 3.8) is 0 Å². The minimum atomic E-state index is 0.489. The van der Waals surface area contributed by atoms with Gasteiger partial charge in [0.15, 0.2) is 0 Å². The Morgan fingerprint density at radius 3 is 2.44 bits per heavy atom. The molecule has 1 fully saturated rings. The highest BCUT2D eigenvalue weighted by Crippen LogP contribution is 2.42. The van der Waals surface area contributed by atoms with Gasteiger partial charge in [0.2, 0.25) is 0 Å². The van der Waals surface area contributed by atoms with Gasteiger partial charge >= 0.3 is 0 Å². The summed E-state index contributed by atoms with van der Waals surface area (Å²) in [4.78, 5) is 0. The summed E-state index contributed by atoms with van der Waals surface area (Å²) in [6, 6.07) is 9.02. The normalized spacial score (nSPS) is 18.4. The Morgan fingerprint density at radius 2 is 1.94 bits per heavy atom. The number of hydrogen-bond donors (Lipinski definition) is 1. The quantitative estimate of drug-likeness (QED) is 0.791. The Bertz CT molecular complexity index is 356. The molecule has 1 aliphatic rings. The molecule has 2 atom stereocenters. The minimum absolute atomic E-state index is 0.489. The molecule has 0 saturated heterocycles. The lowest BCUT2D eigenvalue weighted by Crippen LogP contribution is -2.28. The largest absolute Gasteiger partial charge is 0.497 e. The first-order valence-electron chi connectivity index (χ1n) is 7.13. The van der Waals surface area contributed by atoms with Crippen LogP contribution in [0.15, 0.2) is 24.3 Å². The molecule has 1 aliphatic carbocycles. The molecule has 2 unspecified atom stereocenters. The van der Waals surface area contributed by atoms with Gasteiger partial charge in [-0.25, -0.2) is 0 Å². The monoisotopic (exact) mass is 247 g/mol. The predicted molar refractivity (Wildman–Crippen MR) is 75.9 cm³/mol. The van der Waals surface area contributed by atoms with E-state index >= 15 is 0 Å². The highest BCUT2D eigenvalue weighted by Gasteiger charge is 2.33. The Labute approximate surface area is 111 Å².